The Morgan fingerprint density at radius 2 is 2.22 bits per heavy atom. The molecule has 1 aliphatic carbocycles. The lowest BCUT2D eigenvalue weighted by Crippen LogP contribution is -2.29. The molecule has 3 heteroatoms. The molecule has 0 aromatic heterocycles. The molecule has 0 amide bonds. The molecule has 0 saturated heterocycles. The average Bonchev–Trinajstić information content (AvgIpc) is 2.73. The maximum atomic E-state index is 9.23. The number of benzene rings is 1. The fourth-order valence-electron chi connectivity index (χ4n) is 2.57. The lowest BCUT2D eigenvalue weighted by molar-refractivity contribution is 0.299. The van der Waals surface area contributed by atoms with Gasteiger partial charge in [-0.1, -0.05) is 38.1 Å². The van der Waals surface area contributed by atoms with Crippen LogP contribution < -0.4 is 5.32 Å². The van der Waals surface area contributed by atoms with E-state index in [-0.39, 0.29) is 6.61 Å². The van der Waals surface area contributed by atoms with Crippen molar-refractivity contribution >= 4 is 11.8 Å². The van der Waals surface area contributed by atoms with Crippen LogP contribution in [0.4, 0.5) is 0 Å². The Balaban J connectivity index is 2.11. The number of hydrogen-bond donors (Lipinski definition) is 2. The van der Waals surface area contributed by atoms with E-state index in [2.05, 4.69) is 43.4 Å². The number of aliphatic hydroxyl groups excluding tert-OH is 1. The summed E-state index contributed by atoms with van der Waals surface area (Å²) < 4.78 is 0. The molecule has 3 atom stereocenters. The second-order valence-corrected chi connectivity index (χ2v) is 6.68. The summed E-state index contributed by atoms with van der Waals surface area (Å²) in [5, 5.41) is 13.8. The number of fused-ring (bicyclic) bond motifs is 1. The van der Waals surface area contributed by atoms with Crippen LogP contribution in [0, 0.1) is 0 Å². The van der Waals surface area contributed by atoms with Gasteiger partial charge < -0.3 is 10.4 Å². The van der Waals surface area contributed by atoms with Crippen LogP contribution in [0.3, 0.4) is 0 Å². The normalized spacial score (nSPS) is 23.9. The van der Waals surface area contributed by atoms with Crippen LogP contribution >= 0.6 is 11.8 Å². The Morgan fingerprint density at radius 1 is 1.44 bits per heavy atom. The Kier molecular flexibility index (Phi) is 5.10. The Bertz CT molecular complexity index is 383. The van der Waals surface area contributed by atoms with Crippen molar-refractivity contribution < 1.29 is 5.11 Å². The second kappa shape index (κ2) is 6.60. The molecular weight excluding hydrogens is 242 g/mol. The van der Waals surface area contributed by atoms with Gasteiger partial charge in [-0.15, -0.1) is 0 Å². The summed E-state index contributed by atoms with van der Waals surface area (Å²) in [7, 11) is 0. The summed E-state index contributed by atoms with van der Waals surface area (Å²) >= 11 is 1.91. The molecule has 0 spiro atoms. The highest BCUT2D eigenvalue weighted by Crippen LogP contribution is 2.39. The molecule has 1 aliphatic rings. The molecule has 0 saturated carbocycles. The maximum absolute atomic E-state index is 9.23. The van der Waals surface area contributed by atoms with Gasteiger partial charge in [-0.2, -0.15) is 11.8 Å². The number of rotatable bonds is 6. The molecular formula is C15H23NOS. The van der Waals surface area contributed by atoms with Gasteiger partial charge in [0.05, 0.1) is 6.61 Å². The predicted octanol–water partition coefficient (Wildman–Crippen LogP) is 2.77. The van der Waals surface area contributed by atoms with Crippen molar-refractivity contribution in [1.82, 2.24) is 5.32 Å². The van der Waals surface area contributed by atoms with Crippen molar-refractivity contribution in [3.63, 3.8) is 0 Å². The molecule has 18 heavy (non-hydrogen) atoms. The zero-order chi connectivity index (χ0) is 13.0. The Morgan fingerprint density at radius 3 is 2.94 bits per heavy atom. The van der Waals surface area contributed by atoms with Crippen molar-refractivity contribution in [2.75, 3.05) is 13.2 Å². The highest BCUT2D eigenvalue weighted by Gasteiger charge is 2.32. The van der Waals surface area contributed by atoms with E-state index in [1.165, 1.54) is 11.1 Å². The van der Waals surface area contributed by atoms with Gasteiger partial charge in [0.15, 0.2) is 0 Å². The van der Waals surface area contributed by atoms with Crippen molar-refractivity contribution in [2.24, 2.45) is 0 Å². The average molecular weight is 265 g/mol. The lowest BCUT2D eigenvalue weighted by Gasteiger charge is -2.23. The fourth-order valence-corrected chi connectivity index (χ4v) is 3.93. The molecule has 1 aromatic carbocycles. The minimum atomic E-state index is 0.262. The topological polar surface area (TPSA) is 32.3 Å². The van der Waals surface area contributed by atoms with Crippen LogP contribution in [-0.2, 0) is 6.42 Å². The van der Waals surface area contributed by atoms with Crippen LogP contribution in [0.15, 0.2) is 24.3 Å². The summed E-state index contributed by atoms with van der Waals surface area (Å²) in [5.74, 6) is 0. The summed E-state index contributed by atoms with van der Waals surface area (Å²) in [6.45, 7) is 5.62. The van der Waals surface area contributed by atoms with Gasteiger partial charge in [-0.3, -0.25) is 0 Å². The minimum absolute atomic E-state index is 0.262. The molecule has 1 aromatic rings. The number of nitrogens with one attached hydrogen (secondary N) is 1. The molecule has 2 nitrogen and oxygen atoms in total. The fraction of sp³-hybridized carbons (Fsp3) is 0.600. The monoisotopic (exact) mass is 265 g/mol. The first-order valence-electron chi connectivity index (χ1n) is 6.83. The molecule has 0 heterocycles. The third kappa shape index (κ3) is 3.08. The highest BCUT2D eigenvalue weighted by atomic mass is 32.2. The third-order valence-corrected chi connectivity index (χ3v) is 4.86. The smallest absolute Gasteiger partial charge is 0.0547 e. The molecule has 0 radical (unpaired) electrons. The first-order valence-corrected chi connectivity index (χ1v) is 7.78. The first kappa shape index (κ1) is 13.9. The molecule has 0 fully saturated rings. The van der Waals surface area contributed by atoms with E-state index in [1.54, 1.807) is 0 Å². The van der Waals surface area contributed by atoms with Crippen molar-refractivity contribution in [2.45, 2.75) is 43.2 Å². The van der Waals surface area contributed by atoms with Crippen LogP contribution in [-0.4, -0.2) is 28.8 Å². The number of thioether (sulfide) groups is 1. The van der Waals surface area contributed by atoms with E-state index in [4.69, 9.17) is 0 Å². The van der Waals surface area contributed by atoms with E-state index in [9.17, 15) is 5.11 Å². The van der Waals surface area contributed by atoms with E-state index < -0.39 is 0 Å². The van der Waals surface area contributed by atoms with Gasteiger partial charge in [-0.25, -0.2) is 0 Å². The standard InChI is InChI=1S/C15H23NOS/c1-3-8-16-15-13-7-5-4-6-12(13)9-14(15)18-11(2)10-17/h4-7,11,14-17H,3,8-10H2,1-2H3. The van der Waals surface area contributed by atoms with E-state index in [0.717, 1.165) is 19.4 Å². The molecule has 2 rings (SSSR count). The minimum Gasteiger partial charge on any atom is -0.395 e. The number of hydrogen-bond acceptors (Lipinski definition) is 3. The zero-order valence-electron chi connectivity index (χ0n) is 11.2. The molecule has 3 unspecified atom stereocenters. The van der Waals surface area contributed by atoms with Gasteiger partial charge in [-0.05, 0) is 30.5 Å². The third-order valence-electron chi connectivity index (χ3n) is 3.46. The maximum Gasteiger partial charge on any atom is 0.0547 e. The van der Waals surface area contributed by atoms with Crippen molar-refractivity contribution in [3.05, 3.63) is 35.4 Å². The van der Waals surface area contributed by atoms with Crippen LogP contribution in [0.5, 0.6) is 0 Å². The Hall–Kier alpha value is -0.510. The predicted molar refractivity (Wildman–Crippen MR) is 79.1 cm³/mol. The van der Waals surface area contributed by atoms with Crippen molar-refractivity contribution in [3.8, 4) is 0 Å². The van der Waals surface area contributed by atoms with Crippen LogP contribution in [0.1, 0.15) is 37.4 Å². The van der Waals surface area contributed by atoms with Gasteiger partial charge in [0, 0.05) is 16.5 Å². The number of aliphatic hydroxyl groups is 1. The SMILES string of the molecule is CCCNC1c2ccccc2CC1SC(C)CO. The largest absolute Gasteiger partial charge is 0.395 e. The Labute approximate surface area is 114 Å². The molecule has 100 valence electrons. The molecule has 0 aliphatic heterocycles. The molecule has 2 N–H and O–H groups in total. The molecule has 0 bridgehead atoms. The lowest BCUT2D eigenvalue weighted by atomic mass is 10.1. The summed E-state index contributed by atoms with van der Waals surface area (Å²) in [6.07, 6.45) is 2.28. The summed E-state index contributed by atoms with van der Waals surface area (Å²) in [6, 6.07) is 9.17. The zero-order valence-corrected chi connectivity index (χ0v) is 12.0. The summed E-state index contributed by atoms with van der Waals surface area (Å²) in [5.41, 5.74) is 2.92. The first-order chi connectivity index (χ1) is 8.76. The van der Waals surface area contributed by atoms with Gasteiger partial charge >= 0.3 is 0 Å². The van der Waals surface area contributed by atoms with E-state index >= 15 is 0 Å². The van der Waals surface area contributed by atoms with Crippen LogP contribution in [0.2, 0.25) is 0 Å². The highest BCUT2D eigenvalue weighted by molar-refractivity contribution is 8.00. The van der Waals surface area contributed by atoms with E-state index in [0.29, 0.717) is 16.5 Å². The van der Waals surface area contributed by atoms with Gasteiger partial charge in [0.2, 0.25) is 0 Å². The van der Waals surface area contributed by atoms with Gasteiger partial charge in [0.1, 0.15) is 0 Å². The van der Waals surface area contributed by atoms with Gasteiger partial charge in [0.25, 0.3) is 0 Å². The second-order valence-electron chi connectivity index (χ2n) is 5.00. The quantitative estimate of drug-likeness (QED) is 0.829. The van der Waals surface area contributed by atoms with Crippen molar-refractivity contribution in [1.29, 1.82) is 0 Å². The van der Waals surface area contributed by atoms with Crippen LogP contribution in [0.25, 0.3) is 0 Å². The summed E-state index contributed by atoms with van der Waals surface area (Å²) in [4.78, 5) is 0. The van der Waals surface area contributed by atoms with E-state index in [1.807, 2.05) is 11.8 Å².